The zero-order chi connectivity index (χ0) is 24.4. The molecule has 0 fully saturated rings. The minimum Gasteiger partial charge on any atom is -0.462 e. The first-order chi connectivity index (χ1) is 16.3. The summed E-state index contributed by atoms with van der Waals surface area (Å²) in [6.07, 6.45) is 2.73. The summed E-state index contributed by atoms with van der Waals surface area (Å²) in [6.45, 7) is 6.34. The second-order valence-corrected chi connectivity index (χ2v) is 9.99. The number of anilines is 1. The lowest BCUT2D eigenvalue weighted by Crippen LogP contribution is -2.39. The third-order valence-corrected chi connectivity index (χ3v) is 7.50. The fourth-order valence-corrected chi connectivity index (χ4v) is 5.66. The minimum atomic E-state index is -0.523. The van der Waals surface area contributed by atoms with Crippen LogP contribution in [0.4, 0.5) is 5.00 Å². The molecule has 2 N–H and O–H groups in total. The number of carbonyl (C=O) groups excluding carboxylic acids is 2. The van der Waals surface area contributed by atoms with Crippen LogP contribution in [0.5, 0.6) is 0 Å². The Morgan fingerprint density at radius 1 is 1.35 bits per heavy atom. The average molecular weight is 483 g/mol. The molecule has 1 amide bonds. The standard InChI is InChI=1S/C25H30N4O4S/c1-5-33-25(32)21-17-11-10-14(2)12-19(17)34-24(21)28-22(30)15(3)29(4)13-20-26-18-9-7-6-8-16(18)23(31)27-20/h6-9,14-15H,5,10-13H2,1-4H3,(H,28,30)(H,26,27,31)/t14-,15+/m0/s1. The van der Waals surface area contributed by atoms with E-state index in [9.17, 15) is 14.4 Å². The smallest absolute Gasteiger partial charge is 0.341 e. The Morgan fingerprint density at radius 2 is 2.12 bits per heavy atom. The highest BCUT2D eigenvalue weighted by atomic mass is 32.1. The molecule has 2 aromatic heterocycles. The number of aromatic amines is 1. The molecule has 0 spiro atoms. The summed E-state index contributed by atoms with van der Waals surface area (Å²) < 4.78 is 5.30. The zero-order valence-electron chi connectivity index (χ0n) is 19.9. The van der Waals surface area contributed by atoms with Crippen molar-refractivity contribution >= 4 is 39.1 Å². The van der Waals surface area contributed by atoms with Gasteiger partial charge in [0.05, 0.1) is 35.7 Å². The monoisotopic (exact) mass is 482 g/mol. The van der Waals surface area contributed by atoms with E-state index in [2.05, 4.69) is 22.2 Å². The largest absolute Gasteiger partial charge is 0.462 e. The molecule has 180 valence electrons. The lowest BCUT2D eigenvalue weighted by Gasteiger charge is -2.23. The summed E-state index contributed by atoms with van der Waals surface area (Å²) in [5, 5.41) is 4.06. The number of aromatic nitrogens is 2. The maximum atomic E-state index is 13.1. The molecule has 2 atom stereocenters. The van der Waals surface area contributed by atoms with E-state index in [-0.39, 0.29) is 30.6 Å². The normalized spacial score (nSPS) is 16.3. The summed E-state index contributed by atoms with van der Waals surface area (Å²) in [5.74, 6) is 0.414. The van der Waals surface area contributed by atoms with Crippen molar-refractivity contribution in [2.24, 2.45) is 5.92 Å². The summed E-state index contributed by atoms with van der Waals surface area (Å²) in [5.41, 5.74) is 1.92. The number of benzene rings is 1. The van der Waals surface area contributed by atoms with Crippen molar-refractivity contribution in [1.29, 1.82) is 0 Å². The molecule has 1 aromatic carbocycles. The second-order valence-electron chi connectivity index (χ2n) is 8.89. The number of amides is 1. The van der Waals surface area contributed by atoms with Crippen LogP contribution in [0.25, 0.3) is 10.9 Å². The molecule has 0 saturated heterocycles. The van der Waals surface area contributed by atoms with Crippen molar-refractivity contribution in [2.75, 3.05) is 19.0 Å². The van der Waals surface area contributed by atoms with Gasteiger partial charge in [-0.2, -0.15) is 0 Å². The van der Waals surface area contributed by atoms with Crippen molar-refractivity contribution in [3.8, 4) is 0 Å². The molecule has 1 aliphatic rings. The first kappa shape index (κ1) is 24.1. The average Bonchev–Trinajstić information content (AvgIpc) is 3.15. The molecule has 0 radical (unpaired) electrons. The van der Waals surface area contributed by atoms with Gasteiger partial charge in [0.15, 0.2) is 0 Å². The number of hydrogen-bond acceptors (Lipinski definition) is 7. The van der Waals surface area contributed by atoms with Gasteiger partial charge in [0.1, 0.15) is 10.8 Å². The summed E-state index contributed by atoms with van der Waals surface area (Å²) in [4.78, 5) is 48.5. The maximum Gasteiger partial charge on any atom is 0.341 e. The Bertz CT molecular complexity index is 1280. The Morgan fingerprint density at radius 3 is 2.88 bits per heavy atom. The number of likely N-dealkylation sites (N-methyl/N-ethyl adjacent to an activating group) is 1. The minimum absolute atomic E-state index is 0.205. The Kier molecular flexibility index (Phi) is 7.13. The van der Waals surface area contributed by atoms with E-state index < -0.39 is 6.04 Å². The van der Waals surface area contributed by atoms with Crippen molar-refractivity contribution in [3.05, 3.63) is 56.4 Å². The first-order valence-corrected chi connectivity index (χ1v) is 12.4. The van der Waals surface area contributed by atoms with Crippen molar-refractivity contribution in [2.45, 2.75) is 52.6 Å². The van der Waals surface area contributed by atoms with Crippen LogP contribution in [0, 0.1) is 5.92 Å². The molecular formula is C25H30N4O4S. The van der Waals surface area contributed by atoms with Gasteiger partial charge in [-0.15, -0.1) is 11.3 Å². The molecular weight excluding hydrogens is 452 g/mol. The summed E-state index contributed by atoms with van der Waals surface area (Å²) >= 11 is 1.47. The van der Waals surface area contributed by atoms with Gasteiger partial charge >= 0.3 is 5.97 Å². The quantitative estimate of drug-likeness (QED) is 0.497. The maximum absolute atomic E-state index is 13.1. The third-order valence-electron chi connectivity index (χ3n) is 6.33. The van der Waals surface area contributed by atoms with Crippen LogP contribution in [-0.2, 0) is 28.9 Å². The highest BCUT2D eigenvalue weighted by Crippen LogP contribution is 2.40. The highest BCUT2D eigenvalue weighted by Gasteiger charge is 2.30. The van der Waals surface area contributed by atoms with Crippen LogP contribution in [0.2, 0.25) is 0 Å². The number of thiophene rings is 1. The number of ether oxygens (including phenoxy) is 1. The molecule has 0 unspecified atom stereocenters. The van der Waals surface area contributed by atoms with E-state index in [1.807, 2.05) is 11.0 Å². The lowest BCUT2D eigenvalue weighted by molar-refractivity contribution is -0.120. The number of nitrogens with one attached hydrogen (secondary N) is 2. The van der Waals surface area contributed by atoms with Crippen LogP contribution in [0.1, 0.15) is 53.8 Å². The van der Waals surface area contributed by atoms with Crippen LogP contribution in [0.3, 0.4) is 0 Å². The topological polar surface area (TPSA) is 104 Å². The molecule has 2 heterocycles. The van der Waals surface area contributed by atoms with Gasteiger partial charge in [-0.25, -0.2) is 9.78 Å². The lowest BCUT2D eigenvalue weighted by atomic mass is 9.88. The molecule has 0 saturated carbocycles. The second kappa shape index (κ2) is 10.1. The van der Waals surface area contributed by atoms with Crippen LogP contribution >= 0.6 is 11.3 Å². The Balaban J connectivity index is 1.52. The third kappa shape index (κ3) is 4.90. The number of rotatable bonds is 7. The first-order valence-electron chi connectivity index (χ1n) is 11.6. The predicted octanol–water partition coefficient (Wildman–Crippen LogP) is 3.75. The SMILES string of the molecule is CCOC(=O)c1c(NC(=O)[C@@H](C)N(C)Cc2nc3ccccc3c(=O)[nH]2)sc2c1CC[C@H](C)C2. The number of para-hydroxylation sites is 1. The van der Waals surface area contributed by atoms with E-state index in [4.69, 9.17) is 4.74 Å². The zero-order valence-corrected chi connectivity index (χ0v) is 20.8. The van der Waals surface area contributed by atoms with Crippen molar-refractivity contribution < 1.29 is 14.3 Å². The molecule has 8 nitrogen and oxygen atoms in total. The summed E-state index contributed by atoms with van der Waals surface area (Å²) in [6, 6.07) is 6.63. The fourth-order valence-electron chi connectivity index (χ4n) is 4.26. The Hall–Kier alpha value is -3.04. The van der Waals surface area contributed by atoms with E-state index >= 15 is 0 Å². The van der Waals surface area contributed by atoms with Gasteiger partial charge < -0.3 is 15.0 Å². The number of esters is 1. The molecule has 0 aliphatic heterocycles. The van der Waals surface area contributed by atoms with Crippen molar-refractivity contribution in [1.82, 2.24) is 14.9 Å². The van der Waals surface area contributed by atoms with E-state index in [0.29, 0.717) is 33.2 Å². The van der Waals surface area contributed by atoms with E-state index in [1.165, 1.54) is 11.3 Å². The van der Waals surface area contributed by atoms with Crippen LogP contribution in [-0.4, -0.2) is 46.4 Å². The highest BCUT2D eigenvalue weighted by molar-refractivity contribution is 7.17. The molecule has 34 heavy (non-hydrogen) atoms. The van der Waals surface area contributed by atoms with E-state index in [0.717, 1.165) is 29.7 Å². The van der Waals surface area contributed by atoms with Gasteiger partial charge in [-0.1, -0.05) is 19.1 Å². The number of nitrogens with zero attached hydrogens (tertiary/aromatic N) is 2. The molecule has 4 rings (SSSR count). The van der Waals surface area contributed by atoms with Crippen molar-refractivity contribution in [3.63, 3.8) is 0 Å². The molecule has 0 bridgehead atoms. The van der Waals surface area contributed by atoms with Gasteiger partial charge in [0.2, 0.25) is 5.91 Å². The number of carbonyl (C=O) groups is 2. The Labute approximate surface area is 202 Å². The summed E-state index contributed by atoms with van der Waals surface area (Å²) in [7, 11) is 1.80. The molecule has 9 heteroatoms. The van der Waals surface area contributed by atoms with Gasteiger partial charge in [-0.3, -0.25) is 14.5 Å². The van der Waals surface area contributed by atoms with Crippen LogP contribution in [0.15, 0.2) is 29.1 Å². The van der Waals surface area contributed by atoms with Crippen LogP contribution < -0.4 is 10.9 Å². The number of H-pyrrole nitrogens is 1. The van der Waals surface area contributed by atoms with Gasteiger partial charge in [0, 0.05) is 4.88 Å². The van der Waals surface area contributed by atoms with Gasteiger partial charge in [0.25, 0.3) is 5.56 Å². The van der Waals surface area contributed by atoms with E-state index in [1.54, 1.807) is 39.1 Å². The number of hydrogen-bond donors (Lipinski definition) is 2. The van der Waals surface area contributed by atoms with Gasteiger partial charge in [-0.05, 0) is 63.8 Å². The number of fused-ring (bicyclic) bond motifs is 2. The molecule has 1 aliphatic carbocycles. The fraction of sp³-hybridized carbons (Fsp3) is 0.440. The predicted molar refractivity (Wildman–Crippen MR) is 133 cm³/mol. The molecule has 3 aromatic rings.